The number of nitrogens with one attached hydrogen (secondary N) is 1. The molecule has 1 aromatic carbocycles. The van der Waals surface area contributed by atoms with Crippen molar-refractivity contribution in [1.82, 2.24) is 20.0 Å². The molecule has 7 nitrogen and oxygen atoms in total. The standard InChI is InChI=1S/C21H29N5O2/c1-3-22-21(26-8-7-17(15-26)18-13-24-25(2)14-18)23-12-16-5-6-19-20(11-16)28-10-4-9-27-19/h5-6,11,13-14,17H,3-4,7-10,12,15H2,1-2H3,(H,22,23). The van der Waals surface area contributed by atoms with Crippen LogP contribution in [0.5, 0.6) is 11.5 Å². The molecule has 2 aliphatic heterocycles. The van der Waals surface area contributed by atoms with Crippen LogP contribution in [0.25, 0.3) is 0 Å². The molecule has 0 amide bonds. The second kappa shape index (κ2) is 8.54. The minimum atomic E-state index is 0.510. The van der Waals surface area contributed by atoms with E-state index in [1.807, 2.05) is 24.0 Å². The van der Waals surface area contributed by atoms with E-state index in [1.165, 1.54) is 5.56 Å². The van der Waals surface area contributed by atoms with Crippen LogP contribution in [0.4, 0.5) is 0 Å². The lowest BCUT2D eigenvalue weighted by Gasteiger charge is -2.21. The van der Waals surface area contributed by atoms with Gasteiger partial charge in [-0.1, -0.05) is 6.07 Å². The first-order valence-corrected chi connectivity index (χ1v) is 10.1. The van der Waals surface area contributed by atoms with Crippen molar-refractivity contribution >= 4 is 5.96 Å². The Hall–Kier alpha value is -2.70. The number of aryl methyl sites for hydroxylation is 1. The van der Waals surface area contributed by atoms with Crippen LogP contribution in [0.1, 0.15) is 36.8 Å². The summed E-state index contributed by atoms with van der Waals surface area (Å²) in [5.74, 6) is 3.14. The Labute approximate surface area is 166 Å². The van der Waals surface area contributed by atoms with E-state index >= 15 is 0 Å². The summed E-state index contributed by atoms with van der Waals surface area (Å²) in [6, 6.07) is 6.12. The van der Waals surface area contributed by atoms with E-state index in [0.29, 0.717) is 25.7 Å². The highest BCUT2D eigenvalue weighted by Crippen LogP contribution is 2.31. The van der Waals surface area contributed by atoms with E-state index in [1.54, 1.807) is 0 Å². The average Bonchev–Trinajstić information content (AvgIpc) is 3.29. The Morgan fingerprint density at radius 3 is 2.93 bits per heavy atom. The first-order chi connectivity index (χ1) is 13.7. The fourth-order valence-electron chi connectivity index (χ4n) is 3.77. The molecule has 1 atom stereocenters. The summed E-state index contributed by atoms with van der Waals surface area (Å²) in [4.78, 5) is 7.24. The number of hydrogen-bond acceptors (Lipinski definition) is 4. The quantitative estimate of drug-likeness (QED) is 0.649. The second-order valence-electron chi connectivity index (χ2n) is 7.38. The summed E-state index contributed by atoms with van der Waals surface area (Å²) in [5, 5.41) is 7.76. The van der Waals surface area contributed by atoms with Gasteiger partial charge in [-0.05, 0) is 36.6 Å². The minimum Gasteiger partial charge on any atom is -0.490 e. The SMILES string of the molecule is CCNC(=NCc1ccc2c(c1)OCCCO2)N1CCC(c2cnn(C)c2)C1. The maximum atomic E-state index is 5.80. The summed E-state index contributed by atoms with van der Waals surface area (Å²) in [6.07, 6.45) is 6.14. The highest BCUT2D eigenvalue weighted by molar-refractivity contribution is 5.80. The van der Waals surface area contributed by atoms with Crippen molar-refractivity contribution in [3.63, 3.8) is 0 Å². The fourth-order valence-corrected chi connectivity index (χ4v) is 3.77. The molecule has 1 saturated heterocycles. The van der Waals surface area contributed by atoms with E-state index in [4.69, 9.17) is 14.5 Å². The number of ether oxygens (including phenoxy) is 2. The third kappa shape index (κ3) is 4.24. The number of rotatable bonds is 4. The Morgan fingerprint density at radius 1 is 1.29 bits per heavy atom. The van der Waals surface area contributed by atoms with Gasteiger partial charge in [0.2, 0.25) is 0 Å². The van der Waals surface area contributed by atoms with Crippen LogP contribution in [-0.2, 0) is 13.6 Å². The number of guanidine groups is 1. The predicted molar refractivity (Wildman–Crippen MR) is 109 cm³/mol. The third-order valence-electron chi connectivity index (χ3n) is 5.24. The molecule has 0 spiro atoms. The van der Waals surface area contributed by atoms with Crippen molar-refractivity contribution < 1.29 is 9.47 Å². The minimum absolute atomic E-state index is 0.510. The number of aliphatic imine (C=N–C) groups is 1. The lowest BCUT2D eigenvalue weighted by Crippen LogP contribution is -2.40. The summed E-state index contributed by atoms with van der Waals surface area (Å²) < 4.78 is 13.4. The van der Waals surface area contributed by atoms with Gasteiger partial charge in [-0.3, -0.25) is 4.68 Å². The molecule has 0 bridgehead atoms. The Morgan fingerprint density at radius 2 is 2.14 bits per heavy atom. The predicted octanol–water partition coefficient (Wildman–Crippen LogP) is 2.54. The summed E-state index contributed by atoms with van der Waals surface area (Å²) in [5.41, 5.74) is 2.44. The van der Waals surface area contributed by atoms with Gasteiger partial charge in [0.15, 0.2) is 17.5 Å². The van der Waals surface area contributed by atoms with Gasteiger partial charge in [-0.25, -0.2) is 4.99 Å². The van der Waals surface area contributed by atoms with Crippen molar-refractivity contribution in [2.45, 2.75) is 32.2 Å². The van der Waals surface area contributed by atoms with Gasteiger partial charge < -0.3 is 19.7 Å². The van der Waals surface area contributed by atoms with Crippen LogP contribution in [0.15, 0.2) is 35.6 Å². The first-order valence-electron chi connectivity index (χ1n) is 10.1. The van der Waals surface area contributed by atoms with E-state index in [9.17, 15) is 0 Å². The zero-order chi connectivity index (χ0) is 19.3. The number of nitrogens with zero attached hydrogens (tertiary/aromatic N) is 4. The lowest BCUT2D eigenvalue weighted by atomic mass is 10.0. The van der Waals surface area contributed by atoms with Gasteiger partial charge in [0, 0.05) is 45.2 Å². The van der Waals surface area contributed by atoms with Gasteiger partial charge in [0.05, 0.1) is 26.0 Å². The summed E-state index contributed by atoms with van der Waals surface area (Å²) in [7, 11) is 1.97. The molecule has 1 unspecified atom stereocenters. The maximum Gasteiger partial charge on any atom is 0.194 e. The van der Waals surface area contributed by atoms with Crippen LogP contribution >= 0.6 is 0 Å². The normalized spacial score (nSPS) is 19.6. The molecule has 1 N–H and O–H groups in total. The maximum absolute atomic E-state index is 5.80. The monoisotopic (exact) mass is 383 g/mol. The smallest absolute Gasteiger partial charge is 0.194 e. The van der Waals surface area contributed by atoms with Gasteiger partial charge >= 0.3 is 0 Å². The molecule has 2 aliphatic rings. The fraction of sp³-hybridized carbons (Fsp3) is 0.524. The van der Waals surface area contributed by atoms with E-state index in [-0.39, 0.29) is 0 Å². The topological polar surface area (TPSA) is 63.9 Å². The van der Waals surface area contributed by atoms with Crippen molar-refractivity contribution in [3.05, 3.63) is 41.7 Å². The molecular formula is C21H29N5O2. The van der Waals surface area contributed by atoms with Crippen LogP contribution in [0, 0.1) is 0 Å². The molecule has 150 valence electrons. The van der Waals surface area contributed by atoms with E-state index < -0.39 is 0 Å². The Bertz CT molecular complexity index is 832. The second-order valence-corrected chi connectivity index (χ2v) is 7.38. The highest BCUT2D eigenvalue weighted by Gasteiger charge is 2.26. The van der Waals surface area contributed by atoms with Crippen molar-refractivity contribution in [2.24, 2.45) is 12.0 Å². The Balaban J connectivity index is 1.44. The van der Waals surface area contributed by atoms with E-state index in [2.05, 4.69) is 40.6 Å². The molecule has 28 heavy (non-hydrogen) atoms. The van der Waals surface area contributed by atoms with Gasteiger partial charge in [-0.15, -0.1) is 0 Å². The summed E-state index contributed by atoms with van der Waals surface area (Å²) >= 11 is 0. The lowest BCUT2D eigenvalue weighted by molar-refractivity contribution is 0.297. The third-order valence-corrected chi connectivity index (χ3v) is 5.24. The molecule has 0 aliphatic carbocycles. The molecule has 1 fully saturated rings. The van der Waals surface area contributed by atoms with Crippen molar-refractivity contribution in [3.8, 4) is 11.5 Å². The largest absolute Gasteiger partial charge is 0.490 e. The molecular weight excluding hydrogens is 354 g/mol. The van der Waals surface area contributed by atoms with Crippen LogP contribution in [0.2, 0.25) is 0 Å². The van der Waals surface area contributed by atoms with Crippen LogP contribution in [0.3, 0.4) is 0 Å². The van der Waals surface area contributed by atoms with E-state index in [0.717, 1.165) is 55.5 Å². The highest BCUT2D eigenvalue weighted by atomic mass is 16.5. The van der Waals surface area contributed by atoms with Gasteiger partial charge in [-0.2, -0.15) is 5.10 Å². The zero-order valence-corrected chi connectivity index (χ0v) is 16.7. The average molecular weight is 383 g/mol. The molecule has 1 aromatic heterocycles. The van der Waals surface area contributed by atoms with Crippen LogP contribution < -0.4 is 14.8 Å². The van der Waals surface area contributed by atoms with Gasteiger partial charge in [0.1, 0.15) is 0 Å². The molecule has 0 saturated carbocycles. The zero-order valence-electron chi connectivity index (χ0n) is 16.7. The molecule has 4 rings (SSSR count). The summed E-state index contributed by atoms with van der Waals surface area (Å²) in [6.45, 7) is 6.97. The number of benzene rings is 1. The number of fused-ring (bicyclic) bond motifs is 1. The molecule has 3 heterocycles. The Kier molecular flexibility index (Phi) is 5.69. The van der Waals surface area contributed by atoms with Crippen molar-refractivity contribution in [2.75, 3.05) is 32.8 Å². The first kappa shape index (κ1) is 18.7. The molecule has 0 radical (unpaired) electrons. The van der Waals surface area contributed by atoms with Crippen LogP contribution in [-0.4, -0.2) is 53.5 Å². The van der Waals surface area contributed by atoms with Crippen molar-refractivity contribution in [1.29, 1.82) is 0 Å². The molecule has 7 heteroatoms. The number of likely N-dealkylation sites (tertiary alicyclic amines) is 1. The number of aromatic nitrogens is 2. The number of hydrogen-bond donors (Lipinski definition) is 1. The van der Waals surface area contributed by atoms with Gasteiger partial charge in [0.25, 0.3) is 0 Å². The molecule has 2 aromatic rings.